The summed E-state index contributed by atoms with van der Waals surface area (Å²) in [6.07, 6.45) is -2.57. The minimum absolute atomic E-state index is 0.00465. The average molecular weight is 407 g/mol. The van der Waals surface area contributed by atoms with Crippen LogP contribution in [0.25, 0.3) is 0 Å². The summed E-state index contributed by atoms with van der Waals surface area (Å²) in [7, 11) is 0. The minimum Gasteiger partial charge on any atom is -0.394 e. The largest absolute Gasteiger partial charge is 0.421 e. The molecule has 0 radical (unpaired) electrons. The van der Waals surface area contributed by atoms with E-state index >= 15 is 0 Å². The average Bonchev–Trinajstić information content (AvgIpc) is 3.06. The van der Waals surface area contributed by atoms with E-state index in [1.165, 1.54) is 11.0 Å². The van der Waals surface area contributed by atoms with Crippen molar-refractivity contribution in [2.45, 2.75) is 25.1 Å². The number of halogens is 5. The fraction of sp³-hybridized carbons (Fsp3) is 0.375. The number of aliphatic hydroxyl groups is 1. The number of nitrogens with one attached hydrogen (secondary N) is 1. The van der Waals surface area contributed by atoms with Crippen LogP contribution in [0.1, 0.15) is 18.4 Å². The van der Waals surface area contributed by atoms with E-state index in [0.29, 0.717) is 35.1 Å². The highest BCUT2D eigenvalue weighted by Crippen LogP contribution is 2.38. The molecule has 1 aromatic heterocycles. The zero-order valence-corrected chi connectivity index (χ0v) is 14.9. The van der Waals surface area contributed by atoms with Gasteiger partial charge in [-0.05, 0) is 31.0 Å². The number of rotatable bonds is 4. The second kappa shape index (κ2) is 7.46. The number of alkyl halides is 3. The minimum atomic E-state index is -4.60. The maximum Gasteiger partial charge on any atom is 0.421 e. The van der Waals surface area contributed by atoms with Crippen molar-refractivity contribution in [2.75, 3.05) is 23.4 Å². The maximum absolute atomic E-state index is 13.4. The monoisotopic (exact) mass is 406 g/mol. The molecule has 1 aromatic carbocycles. The third kappa shape index (κ3) is 3.97. The molecule has 0 bridgehead atoms. The van der Waals surface area contributed by atoms with Crippen molar-refractivity contribution in [1.82, 2.24) is 9.97 Å². The van der Waals surface area contributed by atoms with Crippen LogP contribution >= 0.6 is 23.2 Å². The predicted molar refractivity (Wildman–Crippen MR) is 94.2 cm³/mol. The van der Waals surface area contributed by atoms with Crippen LogP contribution in [-0.4, -0.2) is 34.3 Å². The molecule has 10 heteroatoms. The predicted octanol–water partition coefficient (Wildman–Crippen LogP) is 4.51. The molecule has 2 aromatic rings. The third-order valence-corrected chi connectivity index (χ3v) is 4.85. The molecule has 5 nitrogen and oxygen atoms in total. The Morgan fingerprint density at radius 1 is 1.27 bits per heavy atom. The highest BCUT2D eigenvalue weighted by Gasteiger charge is 2.39. The molecule has 2 N–H and O–H groups in total. The second-order valence-corrected chi connectivity index (χ2v) is 6.67. The Kier molecular flexibility index (Phi) is 5.45. The smallest absolute Gasteiger partial charge is 0.394 e. The van der Waals surface area contributed by atoms with Gasteiger partial charge in [0.15, 0.2) is 0 Å². The van der Waals surface area contributed by atoms with Gasteiger partial charge in [0.1, 0.15) is 11.4 Å². The number of benzene rings is 1. The van der Waals surface area contributed by atoms with Crippen LogP contribution in [0.4, 0.5) is 30.6 Å². The fourth-order valence-electron chi connectivity index (χ4n) is 2.86. The van der Waals surface area contributed by atoms with Gasteiger partial charge in [0.2, 0.25) is 5.95 Å². The lowest BCUT2D eigenvalue weighted by molar-refractivity contribution is -0.137. The van der Waals surface area contributed by atoms with E-state index in [-0.39, 0.29) is 18.4 Å². The van der Waals surface area contributed by atoms with Gasteiger partial charge in [-0.2, -0.15) is 18.2 Å². The highest BCUT2D eigenvalue weighted by atomic mass is 35.5. The first-order valence-corrected chi connectivity index (χ1v) is 8.59. The number of anilines is 3. The highest BCUT2D eigenvalue weighted by molar-refractivity contribution is 6.42. The number of hydrogen-bond donors (Lipinski definition) is 2. The molecule has 0 saturated carbocycles. The summed E-state index contributed by atoms with van der Waals surface area (Å²) in [6.45, 7) is 0.147. The van der Waals surface area contributed by atoms with E-state index in [4.69, 9.17) is 23.2 Å². The van der Waals surface area contributed by atoms with Crippen molar-refractivity contribution >= 4 is 40.7 Å². The second-order valence-electron chi connectivity index (χ2n) is 5.85. The molecule has 0 amide bonds. The van der Waals surface area contributed by atoms with Gasteiger partial charge < -0.3 is 15.3 Å². The fourth-order valence-corrected chi connectivity index (χ4v) is 3.16. The van der Waals surface area contributed by atoms with Gasteiger partial charge in [-0.15, -0.1) is 0 Å². The van der Waals surface area contributed by atoms with Gasteiger partial charge in [-0.3, -0.25) is 0 Å². The van der Waals surface area contributed by atoms with Crippen molar-refractivity contribution in [3.63, 3.8) is 0 Å². The van der Waals surface area contributed by atoms with Crippen LogP contribution in [0, 0.1) is 0 Å². The Bertz CT molecular complexity index is 804. The van der Waals surface area contributed by atoms with Gasteiger partial charge in [-0.25, -0.2) is 4.98 Å². The summed E-state index contributed by atoms with van der Waals surface area (Å²) in [6, 6.07) is 4.29. The van der Waals surface area contributed by atoms with E-state index in [2.05, 4.69) is 15.3 Å². The van der Waals surface area contributed by atoms with Crippen LogP contribution in [0.3, 0.4) is 0 Å². The molecule has 1 aliphatic rings. The first-order chi connectivity index (χ1) is 12.3. The Morgan fingerprint density at radius 2 is 2.04 bits per heavy atom. The molecule has 140 valence electrons. The Balaban J connectivity index is 1.97. The van der Waals surface area contributed by atoms with E-state index in [0.717, 1.165) is 6.20 Å². The van der Waals surface area contributed by atoms with Crippen LogP contribution in [0.15, 0.2) is 24.4 Å². The zero-order valence-electron chi connectivity index (χ0n) is 13.4. The van der Waals surface area contributed by atoms with Gasteiger partial charge >= 0.3 is 6.18 Å². The molecule has 26 heavy (non-hydrogen) atoms. The molecule has 3 rings (SSSR count). The standard InChI is InChI=1S/C16H15Cl2F3N4O/c17-12-4-3-9(6-13(12)18)23-15-22-7-11(16(19,20)21)14(24-15)25-5-1-2-10(25)8-26/h3-4,6-7,10,26H,1-2,5,8H2,(H,22,23,24)/t10-/m1/s1. The van der Waals surface area contributed by atoms with Gasteiger partial charge in [0.25, 0.3) is 0 Å². The van der Waals surface area contributed by atoms with Crippen molar-refractivity contribution in [1.29, 1.82) is 0 Å². The lowest BCUT2D eigenvalue weighted by Crippen LogP contribution is -2.34. The first-order valence-electron chi connectivity index (χ1n) is 7.83. The van der Waals surface area contributed by atoms with E-state index in [1.54, 1.807) is 12.1 Å². The molecule has 0 spiro atoms. The quantitative estimate of drug-likeness (QED) is 0.781. The van der Waals surface area contributed by atoms with E-state index in [1.807, 2.05) is 0 Å². The summed E-state index contributed by atoms with van der Waals surface area (Å²) >= 11 is 11.8. The van der Waals surface area contributed by atoms with E-state index in [9.17, 15) is 18.3 Å². The van der Waals surface area contributed by atoms with Gasteiger partial charge in [0.05, 0.1) is 22.7 Å². The summed E-state index contributed by atoms with van der Waals surface area (Å²) < 4.78 is 40.1. The van der Waals surface area contributed by atoms with Crippen molar-refractivity contribution < 1.29 is 18.3 Å². The first kappa shape index (κ1) is 19.0. The number of nitrogens with zero attached hydrogens (tertiary/aromatic N) is 3. The molecule has 1 aliphatic heterocycles. The number of aromatic nitrogens is 2. The SMILES string of the molecule is OC[C@H]1CCCN1c1nc(Nc2ccc(Cl)c(Cl)c2)ncc1C(F)(F)F. The summed E-state index contributed by atoms with van der Waals surface area (Å²) in [5, 5.41) is 12.9. The van der Waals surface area contributed by atoms with Crippen LogP contribution in [0.2, 0.25) is 10.0 Å². The maximum atomic E-state index is 13.4. The number of hydrogen-bond acceptors (Lipinski definition) is 5. The summed E-state index contributed by atoms with van der Waals surface area (Å²) in [5.74, 6) is -0.249. The molecule has 2 heterocycles. The topological polar surface area (TPSA) is 61.3 Å². The zero-order chi connectivity index (χ0) is 18.9. The Morgan fingerprint density at radius 3 is 2.69 bits per heavy atom. The van der Waals surface area contributed by atoms with Gasteiger partial charge in [-0.1, -0.05) is 23.2 Å². The van der Waals surface area contributed by atoms with Crippen LogP contribution in [0.5, 0.6) is 0 Å². The van der Waals surface area contributed by atoms with E-state index < -0.39 is 17.8 Å². The van der Waals surface area contributed by atoms with Gasteiger partial charge in [0, 0.05) is 18.4 Å². The Labute approximate surface area is 157 Å². The third-order valence-electron chi connectivity index (χ3n) is 4.11. The lowest BCUT2D eigenvalue weighted by atomic mass is 10.2. The van der Waals surface area contributed by atoms with Crippen LogP contribution in [-0.2, 0) is 6.18 Å². The molecule has 1 atom stereocenters. The van der Waals surface area contributed by atoms with Crippen molar-refractivity contribution in [3.05, 3.63) is 40.0 Å². The van der Waals surface area contributed by atoms with Crippen molar-refractivity contribution in [3.8, 4) is 0 Å². The molecular formula is C16H15Cl2F3N4O. The molecular weight excluding hydrogens is 392 g/mol. The molecule has 0 unspecified atom stereocenters. The Hall–Kier alpha value is -1.77. The number of aliphatic hydroxyl groups excluding tert-OH is 1. The molecule has 0 aliphatic carbocycles. The normalized spacial score (nSPS) is 17.6. The summed E-state index contributed by atoms with van der Waals surface area (Å²) in [5.41, 5.74) is -0.442. The molecule has 1 fully saturated rings. The summed E-state index contributed by atoms with van der Waals surface area (Å²) in [4.78, 5) is 9.31. The lowest BCUT2D eigenvalue weighted by Gasteiger charge is -2.27. The molecule has 1 saturated heterocycles. The van der Waals surface area contributed by atoms with Crippen molar-refractivity contribution in [2.24, 2.45) is 0 Å². The van der Waals surface area contributed by atoms with Crippen LogP contribution < -0.4 is 10.2 Å².